The number of rotatable bonds is 0. The predicted molar refractivity (Wildman–Crippen MR) is 52.1 cm³/mol. The van der Waals surface area contributed by atoms with E-state index in [0.29, 0.717) is 0 Å². The summed E-state index contributed by atoms with van der Waals surface area (Å²) in [6.07, 6.45) is 0. The SMILES string of the molecule is [Br-].[Li+].[Mg+2].[c-]1cccs1.[c-]1cccs1. The van der Waals surface area contributed by atoms with E-state index < -0.39 is 0 Å². The van der Waals surface area contributed by atoms with E-state index in [4.69, 9.17) is 0 Å². The summed E-state index contributed by atoms with van der Waals surface area (Å²) in [5.41, 5.74) is 0. The summed E-state index contributed by atoms with van der Waals surface area (Å²) in [4.78, 5) is 0. The van der Waals surface area contributed by atoms with Crippen molar-refractivity contribution >= 4 is 45.7 Å². The molecule has 0 spiro atoms. The average molecular weight is 277 g/mol. The van der Waals surface area contributed by atoms with Crippen molar-refractivity contribution in [3.05, 3.63) is 45.8 Å². The molecule has 0 amide bonds. The first-order chi connectivity index (χ1) is 5.00. The van der Waals surface area contributed by atoms with Crippen molar-refractivity contribution in [2.24, 2.45) is 0 Å². The molecule has 0 saturated carbocycles. The van der Waals surface area contributed by atoms with Crippen molar-refractivity contribution < 1.29 is 35.8 Å². The van der Waals surface area contributed by atoms with E-state index >= 15 is 0 Å². The van der Waals surface area contributed by atoms with Crippen molar-refractivity contribution in [1.82, 2.24) is 0 Å². The molecule has 0 aliphatic heterocycles. The van der Waals surface area contributed by atoms with Gasteiger partial charge in [-0.15, -0.1) is 10.8 Å². The third kappa shape index (κ3) is 13.2. The Kier molecular flexibility index (Phi) is 23.9. The summed E-state index contributed by atoms with van der Waals surface area (Å²) in [7, 11) is 0. The quantitative estimate of drug-likeness (QED) is 0.350. The largest absolute Gasteiger partial charge is 2.00 e. The zero-order valence-electron chi connectivity index (χ0n) is 7.37. The van der Waals surface area contributed by atoms with Gasteiger partial charge in [0.25, 0.3) is 0 Å². The maximum atomic E-state index is 2.90. The smallest absolute Gasteiger partial charge is 1.00 e. The standard InChI is InChI=1S/2C4H3S.BrH.Li.Mg/c2*1-2-4-5-3-1;;;/h2*1-3H;1H;;/q2*-1;;+1;+2/p-1. The van der Waals surface area contributed by atoms with Crippen LogP contribution in [0.15, 0.2) is 35.0 Å². The van der Waals surface area contributed by atoms with Gasteiger partial charge in [0.05, 0.1) is 0 Å². The van der Waals surface area contributed by atoms with Crippen LogP contribution < -0.4 is 35.8 Å². The van der Waals surface area contributed by atoms with E-state index in [2.05, 4.69) is 10.8 Å². The molecule has 2 rings (SSSR count). The normalized spacial score (nSPS) is 6.15. The zero-order chi connectivity index (χ0) is 7.07. The van der Waals surface area contributed by atoms with Crippen LogP contribution in [0.4, 0.5) is 0 Å². The molecule has 0 atom stereocenters. The fourth-order valence-electron chi connectivity index (χ4n) is 0.393. The third-order valence-corrected chi connectivity index (χ3v) is 1.89. The molecular weight excluding hydrogens is 271 g/mol. The minimum absolute atomic E-state index is 0. The Morgan fingerprint density at radius 1 is 0.846 bits per heavy atom. The maximum Gasteiger partial charge on any atom is 2.00 e. The number of hydrogen-bond acceptors (Lipinski definition) is 2. The van der Waals surface area contributed by atoms with Crippen molar-refractivity contribution in [3.8, 4) is 0 Å². The number of halogens is 1. The molecular formula is C8H6BrLiMgS2. The molecule has 0 unspecified atom stereocenters. The summed E-state index contributed by atoms with van der Waals surface area (Å²) in [6, 6.07) is 7.71. The molecule has 0 nitrogen and oxygen atoms in total. The molecule has 0 radical (unpaired) electrons. The molecule has 0 fully saturated rings. The van der Waals surface area contributed by atoms with Gasteiger partial charge >= 0.3 is 41.9 Å². The second kappa shape index (κ2) is 15.7. The number of hydrogen-bond donors (Lipinski definition) is 0. The first kappa shape index (κ1) is 19.8. The Bertz CT molecular complexity index is 161. The van der Waals surface area contributed by atoms with Gasteiger partial charge < -0.3 is 39.7 Å². The summed E-state index contributed by atoms with van der Waals surface area (Å²) in [6.45, 7) is 0. The summed E-state index contributed by atoms with van der Waals surface area (Å²) in [5.74, 6) is 0. The molecule has 2 aromatic rings. The van der Waals surface area contributed by atoms with Crippen LogP contribution in [0, 0.1) is 10.8 Å². The fraction of sp³-hybridized carbons (Fsp3) is 0. The van der Waals surface area contributed by atoms with Crippen LogP contribution in [-0.4, -0.2) is 23.1 Å². The predicted octanol–water partition coefficient (Wildman–Crippen LogP) is -3.28. The zero-order valence-corrected chi connectivity index (χ0v) is 12.0. The van der Waals surface area contributed by atoms with Crippen LogP contribution >= 0.6 is 22.7 Å². The molecule has 0 saturated heterocycles. The molecule has 0 aliphatic carbocycles. The van der Waals surface area contributed by atoms with Crippen molar-refractivity contribution in [2.45, 2.75) is 0 Å². The van der Waals surface area contributed by atoms with E-state index in [1.807, 2.05) is 35.0 Å². The van der Waals surface area contributed by atoms with Gasteiger partial charge in [-0.25, -0.2) is 12.1 Å². The van der Waals surface area contributed by atoms with E-state index in [1.165, 1.54) is 0 Å². The van der Waals surface area contributed by atoms with Crippen LogP contribution in [0.3, 0.4) is 0 Å². The molecule has 5 heteroatoms. The van der Waals surface area contributed by atoms with E-state index in [9.17, 15) is 0 Å². The molecule has 0 bridgehead atoms. The molecule has 13 heavy (non-hydrogen) atoms. The van der Waals surface area contributed by atoms with Gasteiger partial charge in [0.2, 0.25) is 0 Å². The van der Waals surface area contributed by atoms with Gasteiger partial charge in [-0.2, -0.15) is 22.9 Å². The summed E-state index contributed by atoms with van der Waals surface area (Å²) < 4.78 is 0. The second-order valence-corrected chi connectivity index (χ2v) is 2.95. The molecule has 2 aromatic heterocycles. The Hall–Kier alpha value is 1.24. The van der Waals surface area contributed by atoms with Crippen LogP contribution in [0.1, 0.15) is 0 Å². The van der Waals surface area contributed by atoms with Crippen molar-refractivity contribution in [3.63, 3.8) is 0 Å². The molecule has 2 heterocycles. The van der Waals surface area contributed by atoms with Crippen LogP contribution in [0.5, 0.6) is 0 Å². The van der Waals surface area contributed by atoms with Crippen LogP contribution in [0.25, 0.3) is 0 Å². The monoisotopic (exact) mass is 276 g/mol. The molecule has 0 aliphatic rings. The van der Waals surface area contributed by atoms with Crippen LogP contribution in [0.2, 0.25) is 0 Å². The minimum atomic E-state index is 0. The van der Waals surface area contributed by atoms with E-state index in [0.717, 1.165) is 0 Å². The topological polar surface area (TPSA) is 0 Å². The average Bonchev–Trinajstić information content (AvgIpc) is 2.67. The summed E-state index contributed by atoms with van der Waals surface area (Å²) in [5, 5.41) is 9.78. The van der Waals surface area contributed by atoms with Crippen LogP contribution in [-0.2, 0) is 0 Å². The first-order valence-corrected chi connectivity index (χ1v) is 4.55. The van der Waals surface area contributed by atoms with Gasteiger partial charge in [0, 0.05) is 0 Å². The van der Waals surface area contributed by atoms with Gasteiger partial charge in [-0.05, 0) is 0 Å². The van der Waals surface area contributed by atoms with Gasteiger partial charge in [0.1, 0.15) is 0 Å². The molecule has 60 valence electrons. The minimum Gasteiger partial charge on any atom is -1.00 e. The maximum absolute atomic E-state index is 2.90. The molecule has 0 N–H and O–H groups in total. The second-order valence-electron chi connectivity index (χ2n) is 1.46. The first-order valence-electron chi connectivity index (χ1n) is 2.79. The van der Waals surface area contributed by atoms with E-state index in [1.54, 1.807) is 22.7 Å². The van der Waals surface area contributed by atoms with Gasteiger partial charge in [-0.3, -0.25) is 0 Å². The van der Waals surface area contributed by atoms with Gasteiger partial charge in [0.15, 0.2) is 0 Å². The van der Waals surface area contributed by atoms with Crippen molar-refractivity contribution in [1.29, 1.82) is 0 Å². The Morgan fingerprint density at radius 3 is 1.31 bits per heavy atom. The Morgan fingerprint density at radius 2 is 1.23 bits per heavy atom. The summed E-state index contributed by atoms with van der Waals surface area (Å²) >= 11 is 3.18. The Labute approximate surface area is 126 Å². The number of thiophene rings is 2. The van der Waals surface area contributed by atoms with E-state index in [-0.39, 0.29) is 58.9 Å². The molecule has 0 aromatic carbocycles. The Balaban J connectivity index is -0.000000125. The third-order valence-electron chi connectivity index (χ3n) is 0.758. The van der Waals surface area contributed by atoms with Gasteiger partial charge in [-0.1, -0.05) is 0 Å². The fourth-order valence-corrected chi connectivity index (χ4v) is 1.18. The van der Waals surface area contributed by atoms with Crippen molar-refractivity contribution in [2.75, 3.05) is 0 Å².